The molecule has 1 aliphatic rings. The van der Waals surface area contributed by atoms with Gasteiger partial charge in [0.25, 0.3) is 0 Å². The van der Waals surface area contributed by atoms with Gasteiger partial charge >= 0.3 is 5.97 Å². The average Bonchev–Trinajstić information content (AvgIpc) is 2.53. The Balaban J connectivity index is 1.81. The molecular formula is C17H23NO4. The van der Waals surface area contributed by atoms with Gasteiger partial charge in [0.15, 0.2) is 0 Å². The fourth-order valence-electron chi connectivity index (χ4n) is 2.60. The molecule has 0 spiro atoms. The zero-order chi connectivity index (χ0) is 16.0. The monoisotopic (exact) mass is 305 g/mol. The van der Waals surface area contributed by atoms with Crippen LogP contribution in [0.5, 0.6) is 0 Å². The molecule has 1 aromatic rings. The van der Waals surface area contributed by atoms with Gasteiger partial charge in [-0.1, -0.05) is 29.8 Å². The number of hydrogen-bond donors (Lipinski definition) is 2. The summed E-state index contributed by atoms with van der Waals surface area (Å²) >= 11 is 0. The van der Waals surface area contributed by atoms with Crippen LogP contribution < -0.4 is 5.32 Å². The van der Waals surface area contributed by atoms with Crippen LogP contribution in [0.2, 0.25) is 0 Å². The molecule has 1 aliphatic heterocycles. The van der Waals surface area contributed by atoms with Gasteiger partial charge in [0.2, 0.25) is 5.91 Å². The predicted octanol–water partition coefficient (Wildman–Crippen LogP) is 1.93. The number of carboxylic acids is 1. The smallest absolute Gasteiger partial charge is 0.311 e. The number of carbonyl (C=O) groups excluding carboxylic acids is 1. The molecule has 1 amide bonds. The molecule has 1 fully saturated rings. The molecule has 0 saturated carbocycles. The minimum absolute atomic E-state index is 0.104. The summed E-state index contributed by atoms with van der Waals surface area (Å²) in [5.74, 6) is -0.956. The van der Waals surface area contributed by atoms with Crippen molar-refractivity contribution < 1.29 is 19.4 Å². The number of aryl methyl sites for hydroxylation is 2. The number of carboxylic acid groups (broad SMARTS) is 1. The van der Waals surface area contributed by atoms with Crippen molar-refractivity contribution in [1.82, 2.24) is 5.32 Å². The van der Waals surface area contributed by atoms with Gasteiger partial charge in [-0.15, -0.1) is 0 Å². The minimum atomic E-state index is -0.877. The van der Waals surface area contributed by atoms with E-state index in [-0.39, 0.29) is 12.5 Å². The van der Waals surface area contributed by atoms with E-state index < -0.39 is 11.4 Å². The number of nitrogens with one attached hydrogen (secondary N) is 1. The van der Waals surface area contributed by atoms with Crippen molar-refractivity contribution in [2.45, 2.75) is 32.6 Å². The number of benzene rings is 1. The molecule has 0 unspecified atom stereocenters. The summed E-state index contributed by atoms with van der Waals surface area (Å²) in [4.78, 5) is 23.4. The summed E-state index contributed by atoms with van der Waals surface area (Å²) in [6.45, 7) is 3.07. The first-order valence-electron chi connectivity index (χ1n) is 7.65. The quantitative estimate of drug-likeness (QED) is 0.842. The molecule has 0 bridgehead atoms. The van der Waals surface area contributed by atoms with Crippen LogP contribution in [0.25, 0.3) is 0 Å². The van der Waals surface area contributed by atoms with Gasteiger partial charge < -0.3 is 15.2 Å². The Morgan fingerprint density at radius 3 is 2.45 bits per heavy atom. The third-order valence-corrected chi connectivity index (χ3v) is 4.29. The van der Waals surface area contributed by atoms with E-state index in [2.05, 4.69) is 5.32 Å². The predicted molar refractivity (Wildman–Crippen MR) is 82.6 cm³/mol. The summed E-state index contributed by atoms with van der Waals surface area (Å²) in [7, 11) is 0. The average molecular weight is 305 g/mol. The highest BCUT2D eigenvalue weighted by Gasteiger charge is 2.40. The van der Waals surface area contributed by atoms with Crippen LogP contribution >= 0.6 is 0 Å². The molecule has 1 saturated heterocycles. The molecule has 0 aromatic heterocycles. The van der Waals surface area contributed by atoms with E-state index in [1.54, 1.807) is 0 Å². The van der Waals surface area contributed by atoms with Gasteiger partial charge in [-0.3, -0.25) is 9.59 Å². The highest BCUT2D eigenvalue weighted by molar-refractivity contribution is 5.79. The van der Waals surface area contributed by atoms with Crippen LogP contribution in [-0.4, -0.2) is 36.7 Å². The highest BCUT2D eigenvalue weighted by Crippen LogP contribution is 2.30. The van der Waals surface area contributed by atoms with E-state index in [4.69, 9.17) is 4.74 Å². The van der Waals surface area contributed by atoms with Gasteiger partial charge in [-0.2, -0.15) is 0 Å². The Labute approximate surface area is 130 Å². The summed E-state index contributed by atoms with van der Waals surface area (Å²) in [5, 5.41) is 12.2. The van der Waals surface area contributed by atoms with Crippen molar-refractivity contribution in [2.75, 3.05) is 19.8 Å². The number of ether oxygens (including phenoxy) is 1. The fourth-order valence-corrected chi connectivity index (χ4v) is 2.60. The van der Waals surface area contributed by atoms with Crippen molar-refractivity contribution in [3.05, 3.63) is 35.4 Å². The molecule has 120 valence electrons. The third kappa shape index (κ3) is 4.31. The van der Waals surface area contributed by atoms with Crippen molar-refractivity contribution >= 4 is 11.9 Å². The largest absolute Gasteiger partial charge is 0.481 e. The molecule has 2 rings (SSSR count). The SMILES string of the molecule is Cc1ccc(CCC(=O)NCC2(C(=O)O)CCOCC2)cc1. The summed E-state index contributed by atoms with van der Waals surface area (Å²) < 4.78 is 5.22. The van der Waals surface area contributed by atoms with Crippen LogP contribution in [-0.2, 0) is 20.7 Å². The number of aliphatic carboxylic acids is 1. The normalized spacial score (nSPS) is 17.0. The number of amides is 1. The van der Waals surface area contributed by atoms with Crippen molar-refractivity contribution in [3.8, 4) is 0 Å². The lowest BCUT2D eigenvalue weighted by molar-refractivity contribution is -0.154. The molecule has 1 aromatic carbocycles. The summed E-state index contributed by atoms with van der Waals surface area (Å²) in [5.41, 5.74) is 1.42. The van der Waals surface area contributed by atoms with E-state index in [0.29, 0.717) is 38.9 Å². The lowest BCUT2D eigenvalue weighted by Gasteiger charge is -2.33. The fraction of sp³-hybridized carbons (Fsp3) is 0.529. The Bertz CT molecular complexity index is 518. The van der Waals surface area contributed by atoms with Gasteiger partial charge in [-0.25, -0.2) is 0 Å². The Kier molecular flexibility index (Phi) is 5.55. The molecule has 0 aliphatic carbocycles. The first-order chi connectivity index (χ1) is 10.5. The molecule has 5 nitrogen and oxygen atoms in total. The second-order valence-corrected chi connectivity index (χ2v) is 5.96. The number of rotatable bonds is 6. The van der Waals surface area contributed by atoms with E-state index in [1.807, 2.05) is 31.2 Å². The first-order valence-corrected chi connectivity index (χ1v) is 7.65. The van der Waals surface area contributed by atoms with Crippen LogP contribution in [0.15, 0.2) is 24.3 Å². The second-order valence-electron chi connectivity index (χ2n) is 5.96. The Morgan fingerprint density at radius 1 is 1.23 bits per heavy atom. The second kappa shape index (κ2) is 7.40. The molecule has 22 heavy (non-hydrogen) atoms. The molecule has 5 heteroatoms. The number of carbonyl (C=O) groups is 2. The topological polar surface area (TPSA) is 75.6 Å². The Morgan fingerprint density at radius 2 is 1.86 bits per heavy atom. The maximum absolute atomic E-state index is 12.0. The third-order valence-electron chi connectivity index (χ3n) is 4.29. The number of hydrogen-bond acceptors (Lipinski definition) is 3. The molecule has 0 atom stereocenters. The zero-order valence-corrected chi connectivity index (χ0v) is 12.9. The van der Waals surface area contributed by atoms with Crippen LogP contribution in [0.3, 0.4) is 0 Å². The van der Waals surface area contributed by atoms with Crippen molar-refractivity contribution in [1.29, 1.82) is 0 Å². The van der Waals surface area contributed by atoms with Crippen molar-refractivity contribution in [3.63, 3.8) is 0 Å². The molecular weight excluding hydrogens is 282 g/mol. The van der Waals surface area contributed by atoms with E-state index in [1.165, 1.54) is 5.56 Å². The molecule has 2 N–H and O–H groups in total. The van der Waals surface area contributed by atoms with Gasteiger partial charge in [0.1, 0.15) is 0 Å². The lowest BCUT2D eigenvalue weighted by Crippen LogP contribution is -2.46. The van der Waals surface area contributed by atoms with Gasteiger partial charge in [0, 0.05) is 26.2 Å². The van der Waals surface area contributed by atoms with Crippen molar-refractivity contribution in [2.24, 2.45) is 5.41 Å². The summed E-state index contributed by atoms with van der Waals surface area (Å²) in [6, 6.07) is 8.07. The molecule has 0 radical (unpaired) electrons. The first kappa shape index (κ1) is 16.5. The van der Waals surface area contributed by atoms with E-state index in [9.17, 15) is 14.7 Å². The van der Waals surface area contributed by atoms with E-state index >= 15 is 0 Å². The minimum Gasteiger partial charge on any atom is -0.481 e. The van der Waals surface area contributed by atoms with Gasteiger partial charge in [0.05, 0.1) is 5.41 Å². The maximum atomic E-state index is 12.0. The molecule has 1 heterocycles. The van der Waals surface area contributed by atoms with Crippen LogP contribution in [0, 0.1) is 12.3 Å². The van der Waals surface area contributed by atoms with E-state index in [0.717, 1.165) is 5.56 Å². The highest BCUT2D eigenvalue weighted by atomic mass is 16.5. The standard InChI is InChI=1S/C17H23NO4/c1-13-2-4-14(5-3-13)6-7-15(19)18-12-17(16(20)21)8-10-22-11-9-17/h2-5H,6-12H2,1H3,(H,18,19)(H,20,21). The zero-order valence-electron chi connectivity index (χ0n) is 12.9. The summed E-state index contributed by atoms with van der Waals surface area (Å²) in [6.07, 6.45) is 1.92. The Hall–Kier alpha value is -1.88. The van der Waals surface area contributed by atoms with Crippen LogP contribution in [0.1, 0.15) is 30.4 Å². The van der Waals surface area contributed by atoms with Crippen LogP contribution in [0.4, 0.5) is 0 Å². The lowest BCUT2D eigenvalue weighted by atomic mass is 9.80. The maximum Gasteiger partial charge on any atom is 0.311 e. The van der Waals surface area contributed by atoms with Gasteiger partial charge in [-0.05, 0) is 31.7 Å².